The van der Waals surface area contributed by atoms with E-state index in [9.17, 15) is 4.79 Å². The first kappa shape index (κ1) is 11.4. The van der Waals surface area contributed by atoms with Crippen molar-refractivity contribution in [1.29, 1.82) is 0 Å². The number of hydrogen-bond donors (Lipinski definition) is 0. The lowest BCUT2D eigenvalue weighted by Crippen LogP contribution is -2.28. The highest BCUT2D eigenvalue weighted by Gasteiger charge is 2.29. The van der Waals surface area contributed by atoms with Gasteiger partial charge >= 0.3 is 0 Å². The van der Waals surface area contributed by atoms with Crippen LogP contribution in [0.15, 0.2) is 29.2 Å². The van der Waals surface area contributed by atoms with Gasteiger partial charge in [0.1, 0.15) is 0 Å². The number of carbonyl (C=O) groups excluding carboxylic acids is 1. The Hall–Kier alpha value is -1.09. The van der Waals surface area contributed by atoms with Gasteiger partial charge in [0.05, 0.1) is 6.04 Å². The van der Waals surface area contributed by atoms with Crippen LogP contribution in [0, 0.1) is 0 Å². The van der Waals surface area contributed by atoms with Gasteiger partial charge in [-0.1, -0.05) is 11.6 Å². The predicted molar refractivity (Wildman–Crippen MR) is 67.4 cm³/mol. The van der Waals surface area contributed by atoms with Gasteiger partial charge < -0.3 is 4.90 Å². The standard InChI is InChI=1S/C13H17NOS/c1-10(2)9-13(15)14-7-3-5-11(14)12-6-4-8-16-12/h4,6,8-9,11H,3,5,7H2,1-2H3. The van der Waals surface area contributed by atoms with Gasteiger partial charge in [-0.2, -0.15) is 0 Å². The monoisotopic (exact) mass is 235 g/mol. The van der Waals surface area contributed by atoms with E-state index in [2.05, 4.69) is 17.5 Å². The van der Waals surface area contributed by atoms with Gasteiger partial charge in [0, 0.05) is 17.5 Å². The molecule has 0 spiro atoms. The van der Waals surface area contributed by atoms with Crippen molar-refractivity contribution < 1.29 is 4.79 Å². The molecule has 1 atom stereocenters. The molecular formula is C13H17NOS. The summed E-state index contributed by atoms with van der Waals surface area (Å²) < 4.78 is 0. The third-order valence-corrected chi connectivity index (χ3v) is 3.79. The Bertz CT molecular complexity index is 390. The molecule has 2 rings (SSSR count). The third-order valence-electron chi connectivity index (χ3n) is 2.82. The van der Waals surface area contributed by atoms with Crippen molar-refractivity contribution in [1.82, 2.24) is 4.90 Å². The molecule has 1 unspecified atom stereocenters. The maximum absolute atomic E-state index is 12.0. The first-order valence-corrected chi connectivity index (χ1v) is 6.55. The largest absolute Gasteiger partial charge is 0.331 e. The summed E-state index contributed by atoms with van der Waals surface area (Å²) in [5.41, 5.74) is 1.07. The average Bonchev–Trinajstić information content (AvgIpc) is 2.87. The number of carbonyl (C=O) groups is 1. The molecule has 0 aliphatic carbocycles. The van der Waals surface area contributed by atoms with Crippen LogP contribution >= 0.6 is 11.3 Å². The Labute approximate surface area is 101 Å². The first-order valence-electron chi connectivity index (χ1n) is 5.67. The molecule has 1 fully saturated rings. The van der Waals surface area contributed by atoms with Gasteiger partial charge in [-0.15, -0.1) is 11.3 Å². The molecule has 1 aliphatic heterocycles. The minimum atomic E-state index is 0.163. The van der Waals surface area contributed by atoms with Crippen molar-refractivity contribution in [3.63, 3.8) is 0 Å². The zero-order valence-electron chi connectivity index (χ0n) is 9.77. The van der Waals surface area contributed by atoms with Crippen LogP contribution in [-0.2, 0) is 4.79 Å². The normalized spacial score (nSPS) is 19.9. The number of allylic oxidation sites excluding steroid dienone is 1. The fourth-order valence-corrected chi connectivity index (χ4v) is 3.01. The molecule has 0 N–H and O–H groups in total. The molecule has 1 aromatic rings. The SMILES string of the molecule is CC(C)=CC(=O)N1CCCC1c1cccs1. The minimum absolute atomic E-state index is 0.163. The van der Waals surface area contributed by atoms with E-state index in [1.54, 1.807) is 17.4 Å². The molecule has 2 nitrogen and oxygen atoms in total. The van der Waals surface area contributed by atoms with Crippen molar-refractivity contribution in [2.45, 2.75) is 32.7 Å². The Balaban J connectivity index is 2.15. The summed E-state index contributed by atoms with van der Waals surface area (Å²) in [6, 6.07) is 4.49. The molecule has 16 heavy (non-hydrogen) atoms. The second-order valence-corrected chi connectivity index (χ2v) is 5.41. The number of nitrogens with zero attached hydrogens (tertiary/aromatic N) is 1. The summed E-state index contributed by atoms with van der Waals surface area (Å²) in [5.74, 6) is 0.163. The Morgan fingerprint density at radius 2 is 2.38 bits per heavy atom. The molecule has 3 heteroatoms. The molecular weight excluding hydrogens is 218 g/mol. The molecule has 0 bridgehead atoms. The number of hydrogen-bond acceptors (Lipinski definition) is 2. The average molecular weight is 235 g/mol. The molecule has 2 heterocycles. The summed E-state index contributed by atoms with van der Waals surface area (Å²) in [5, 5.41) is 2.08. The third kappa shape index (κ3) is 2.35. The van der Waals surface area contributed by atoms with Gasteiger partial charge in [-0.05, 0) is 38.1 Å². The van der Waals surface area contributed by atoms with E-state index in [0.717, 1.165) is 25.0 Å². The lowest BCUT2D eigenvalue weighted by atomic mass is 10.2. The maximum Gasteiger partial charge on any atom is 0.247 e. The van der Waals surface area contributed by atoms with Gasteiger partial charge in [-0.25, -0.2) is 0 Å². The fourth-order valence-electron chi connectivity index (χ4n) is 2.14. The zero-order chi connectivity index (χ0) is 11.5. The van der Waals surface area contributed by atoms with Crippen molar-refractivity contribution in [2.75, 3.05) is 6.54 Å². The second-order valence-electron chi connectivity index (χ2n) is 4.43. The number of rotatable bonds is 2. The highest BCUT2D eigenvalue weighted by molar-refractivity contribution is 7.10. The number of amides is 1. The molecule has 86 valence electrons. The van der Waals surface area contributed by atoms with Crippen LogP contribution in [0.3, 0.4) is 0 Å². The Morgan fingerprint density at radius 1 is 1.56 bits per heavy atom. The fraction of sp³-hybridized carbons (Fsp3) is 0.462. The van der Waals surface area contributed by atoms with Crippen molar-refractivity contribution >= 4 is 17.2 Å². The number of likely N-dealkylation sites (tertiary alicyclic amines) is 1. The summed E-state index contributed by atoms with van der Waals surface area (Å²) in [4.78, 5) is 15.3. The van der Waals surface area contributed by atoms with Gasteiger partial charge in [0.25, 0.3) is 0 Å². The van der Waals surface area contributed by atoms with Crippen LogP contribution in [0.1, 0.15) is 37.6 Å². The molecule has 1 aliphatic rings. The van der Waals surface area contributed by atoms with Gasteiger partial charge in [-0.3, -0.25) is 4.79 Å². The Morgan fingerprint density at radius 3 is 3.00 bits per heavy atom. The van der Waals surface area contributed by atoms with Crippen molar-refractivity contribution in [2.24, 2.45) is 0 Å². The van der Waals surface area contributed by atoms with E-state index < -0.39 is 0 Å². The summed E-state index contributed by atoms with van der Waals surface area (Å²) in [6.45, 7) is 4.83. The van der Waals surface area contributed by atoms with E-state index >= 15 is 0 Å². The van der Waals surface area contributed by atoms with Crippen LogP contribution in [-0.4, -0.2) is 17.4 Å². The van der Waals surface area contributed by atoms with E-state index in [-0.39, 0.29) is 5.91 Å². The summed E-state index contributed by atoms with van der Waals surface area (Å²) in [7, 11) is 0. The highest BCUT2D eigenvalue weighted by atomic mass is 32.1. The van der Waals surface area contributed by atoms with Crippen LogP contribution in [0.5, 0.6) is 0 Å². The first-order chi connectivity index (χ1) is 7.68. The van der Waals surface area contributed by atoms with Crippen LogP contribution in [0.2, 0.25) is 0 Å². The Kier molecular flexibility index (Phi) is 3.44. The second kappa shape index (κ2) is 4.83. The van der Waals surface area contributed by atoms with Crippen molar-refractivity contribution in [3.05, 3.63) is 34.0 Å². The van der Waals surface area contributed by atoms with E-state index in [1.807, 2.05) is 18.7 Å². The highest BCUT2D eigenvalue weighted by Crippen LogP contribution is 2.34. The zero-order valence-corrected chi connectivity index (χ0v) is 10.6. The van der Waals surface area contributed by atoms with E-state index in [0.29, 0.717) is 6.04 Å². The smallest absolute Gasteiger partial charge is 0.247 e. The predicted octanol–water partition coefficient (Wildman–Crippen LogP) is 3.38. The molecule has 1 aromatic heterocycles. The molecule has 1 saturated heterocycles. The minimum Gasteiger partial charge on any atom is -0.331 e. The molecule has 0 aromatic carbocycles. The van der Waals surface area contributed by atoms with E-state index in [4.69, 9.17) is 0 Å². The summed E-state index contributed by atoms with van der Waals surface area (Å²) >= 11 is 1.75. The quantitative estimate of drug-likeness (QED) is 0.720. The van der Waals surface area contributed by atoms with Crippen LogP contribution in [0.4, 0.5) is 0 Å². The molecule has 0 radical (unpaired) electrons. The number of thiophene rings is 1. The topological polar surface area (TPSA) is 20.3 Å². The van der Waals surface area contributed by atoms with Gasteiger partial charge in [0.15, 0.2) is 0 Å². The maximum atomic E-state index is 12.0. The van der Waals surface area contributed by atoms with Crippen LogP contribution < -0.4 is 0 Å². The lowest BCUT2D eigenvalue weighted by Gasteiger charge is -2.22. The van der Waals surface area contributed by atoms with Gasteiger partial charge in [0.2, 0.25) is 5.91 Å². The lowest BCUT2D eigenvalue weighted by molar-refractivity contribution is -0.126. The van der Waals surface area contributed by atoms with E-state index in [1.165, 1.54) is 4.88 Å². The molecule has 0 saturated carbocycles. The molecule has 1 amide bonds. The van der Waals surface area contributed by atoms with Crippen molar-refractivity contribution in [3.8, 4) is 0 Å². The van der Waals surface area contributed by atoms with Crippen LogP contribution in [0.25, 0.3) is 0 Å². The summed E-state index contributed by atoms with van der Waals surface area (Å²) in [6.07, 6.45) is 3.96.